The number of rotatable bonds is 12. The quantitative estimate of drug-likeness (QED) is 0.169. The van der Waals surface area contributed by atoms with Gasteiger partial charge in [-0.05, 0) is 46.3 Å². The zero-order valence-electron chi connectivity index (χ0n) is 22.3. The maximum atomic E-state index is 13.4. The number of unbranched alkanes of at least 4 members (excludes halogenated alkanes) is 1. The van der Waals surface area contributed by atoms with Crippen LogP contribution in [0.25, 0.3) is 0 Å². The highest BCUT2D eigenvalue weighted by molar-refractivity contribution is 5.92. The molecule has 0 spiro atoms. The fraction of sp³-hybridized carbons (Fsp3) is 0.444. The smallest absolute Gasteiger partial charge is 0.246 e. The lowest BCUT2D eigenvalue weighted by molar-refractivity contribution is -0.135. The fourth-order valence-corrected chi connectivity index (χ4v) is 3.22. The van der Waals surface area contributed by atoms with Crippen molar-refractivity contribution in [2.24, 2.45) is 0 Å². The summed E-state index contributed by atoms with van der Waals surface area (Å²) in [5.41, 5.74) is 1.17. The van der Waals surface area contributed by atoms with Gasteiger partial charge in [0.25, 0.3) is 0 Å². The van der Waals surface area contributed by atoms with Gasteiger partial charge in [0.15, 0.2) is 0 Å². The second kappa shape index (κ2) is 14.0. The molecule has 2 amide bonds. The van der Waals surface area contributed by atoms with E-state index in [1.807, 2.05) is 19.0 Å². The van der Waals surface area contributed by atoms with E-state index in [2.05, 4.69) is 42.7 Å². The highest BCUT2D eigenvalue weighted by atomic mass is 19.1. The van der Waals surface area contributed by atoms with Crippen molar-refractivity contribution in [2.75, 3.05) is 44.9 Å². The molecule has 38 heavy (non-hydrogen) atoms. The molecule has 1 atom stereocenters. The van der Waals surface area contributed by atoms with Gasteiger partial charge in [-0.15, -0.1) is 0 Å². The molecule has 1 aliphatic rings. The predicted molar refractivity (Wildman–Crippen MR) is 145 cm³/mol. The number of halogens is 1. The van der Waals surface area contributed by atoms with Gasteiger partial charge in [0.05, 0.1) is 11.8 Å². The first-order chi connectivity index (χ1) is 18.2. The lowest BCUT2D eigenvalue weighted by atomic mass is 10.2. The molecule has 1 fully saturated rings. The van der Waals surface area contributed by atoms with E-state index in [0.29, 0.717) is 55.0 Å². The molecular weight excluding hydrogens is 487 g/mol. The molecule has 0 aromatic carbocycles. The maximum absolute atomic E-state index is 13.4. The molecule has 0 aliphatic heterocycles. The van der Waals surface area contributed by atoms with Gasteiger partial charge in [-0.3, -0.25) is 9.59 Å². The molecule has 0 radical (unpaired) electrons. The Bertz CT molecular complexity index is 1200. The number of aromatic nitrogens is 3. The summed E-state index contributed by atoms with van der Waals surface area (Å²) in [6, 6.07) is 2.68. The van der Waals surface area contributed by atoms with Gasteiger partial charge >= 0.3 is 0 Å². The number of carbonyl (C=O) groups excluding carboxylic acids is 2. The summed E-state index contributed by atoms with van der Waals surface area (Å²) in [6.45, 7) is 2.80. The summed E-state index contributed by atoms with van der Waals surface area (Å²) in [6.07, 6.45) is 9.62. The van der Waals surface area contributed by atoms with Crippen LogP contribution in [0.1, 0.15) is 38.2 Å². The van der Waals surface area contributed by atoms with Crippen LogP contribution < -0.4 is 16.0 Å². The second-order valence-electron chi connectivity index (χ2n) is 9.35. The van der Waals surface area contributed by atoms with Crippen molar-refractivity contribution in [2.45, 2.75) is 44.7 Å². The third kappa shape index (κ3) is 9.44. The first-order valence-electron chi connectivity index (χ1n) is 12.6. The topological polar surface area (TPSA) is 115 Å². The van der Waals surface area contributed by atoms with Crippen LogP contribution >= 0.6 is 0 Å². The molecule has 3 N–H and O–H groups in total. The predicted octanol–water partition coefficient (Wildman–Crippen LogP) is 2.54. The maximum Gasteiger partial charge on any atom is 0.246 e. The van der Waals surface area contributed by atoms with Crippen LogP contribution in [-0.4, -0.2) is 82.9 Å². The fourth-order valence-electron chi connectivity index (χ4n) is 3.22. The van der Waals surface area contributed by atoms with E-state index < -0.39 is 12.0 Å². The molecular formula is C27H35FN8O2. The van der Waals surface area contributed by atoms with E-state index in [-0.39, 0.29) is 11.8 Å². The largest absolute Gasteiger partial charge is 0.366 e. The standard InChI is InChI=1S/C27H35FN8O2/c1-19(36(4)24(37)10-8-16-35(2)3)26(38)30-14-7-5-6-9-20-18-31-27(34-25(20)32-21-11-12-21)33-22-13-15-29-23(28)17-22/h8,10,13,15,17-19,21H,5,7,11-12,14,16H2,1-4H3,(H,30,38)(H2,29,31,32,33,34)/t19-/m0/s1. The number of hydrogen-bond acceptors (Lipinski definition) is 8. The highest BCUT2D eigenvalue weighted by Crippen LogP contribution is 2.26. The Morgan fingerprint density at radius 2 is 2.05 bits per heavy atom. The van der Waals surface area contributed by atoms with Gasteiger partial charge in [0.1, 0.15) is 11.9 Å². The molecule has 2 aromatic rings. The Kier molecular flexibility index (Phi) is 10.5. The minimum absolute atomic E-state index is 0.212. The van der Waals surface area contributed by atoms with Crippen LogP contribution in [0, 0.1) is 17.8 Å². The number of amides is 2. The van der Waals surface area contributed by atoms with Gasteiger partial charge in [-0.2, -0.15) is 9.37 Å². The van der Waals surface area contributed by atoms with Crippen molar-refractivity contribution in [1.82, 2.24) is 30.1 Å². The molecule has 0 saturated heterocycles. The van der Waals surface area contributed by atoms with Crippen LogP contribution in [-0.2, 0) is 9.59 Å². The Hall–Kier alpha value is -4.04. The average molecular weight is 523 g/mol. The monoisotopic (exact) mass is 522 g/mol. The van der Waals surface area contributed by atoms with E-state index in [0.717, 1.165) is 12.8 Å². The van der Waals surface area contributed by atoms with Crippen LogP contribution in [0.4, 0.5) is 21.8 Å². The Balaban J connectivity index is 1.48. The van der Waals surface area contributed by atoms with E-state index in [4.69, 9.17) is 0 Å². The molecule has 3 rings (SSSR count). The lowest BCUT2D eigenvalue weighted by Crippen LogP contribution is -2.45. The van der Waals surface area contributed by atoms with Gasteiger partial charge in [-0.25, -0.2) is 9.97 Å². The second-order valence-corrected chi connectivity index (χ2v) is 9.35. The van der Waals surface area contributed by atoms with Gasteiger partial charge in [0, 0.05) is 56.6 Å². The number of hydrogen-bond donors (Lipinski definition) is 3. The minimum atomic E-state index is -0.590. The van der Waals surface area contributed by atoms with Gasteiger partial charge < -0.3 is 25.8 Å². The van der Waals surface area contributed by atoms with E-state index in [1.165, 1.54) is 23.2 Å². The minimum Gasteiger partial charge on any atom is -0.366 e. The van der Waals surface area contributed by atoms with Crippen molar-refractivity contribution >= 4 is 29.3 Å². The van der Waals surface area contributed by atoms with Crippen LogP contribution in [0.3, 0.4) is 0 Å². The number of pyridine rings is 1. The zero-order chi connectivity index (χ0) is 27.5. The molecule has 2 aromatic heterocycles. The molecule has 2 heterocycles. The molecule has 1 saturated carbocycles. The number of nitrogens with zero attached hydrogens (tertiary/aromatic N) is 5. The number of likely N-dealkylation sites (N-methyl/N-ethyl adjacent to an activating group) is 2. The summed E-state index contributed by atoms with van der Waals surface area (Å²) in [5.74, 6) is 6.16. The van der Waals surface area contributed by atoms with E-state index >= 15 is 0 Å². The van der Waals surface area contributed by atoms with Crippen molar-refractivity contribution in [3.05, 3.63) is 48.2 Å². The van der Waals surface area contributed by atoms with Crippen LogP contribution in [0.5, 0.6) is 0 Å². The first kappa shape index (κ1) is 28.5. The number of carbonyl (C=O) groups is 2. The molecule has 1 aliphatic carbocycles. The number of nitrogens with one attached hydrogen (secondary N) is 3. The van der Waals surface area contributed by atoms with Crippen molar-refractivity contribution in [3.8, 4) is 11.8 Å². The Morgan fingerprint density at radius 3 is 2.76 bits per heavy atom. The van der Waals surface area contributed by atoms with Gasteiger partial charge in [0.2, 0.25) is 23.7 Å². The normalized spacial score (nSPS) is 13.5. The molecule has 10 nitrogen and oxygen atoms in total. The molecule has 202 valence electrons. The van der Waals surface area contributed by atoms with Gasteiger partial charge in [-0.1, -0.05) is 17.9 Å². The molecule has 11 heteroatoms. The SMILES string of the molecule is C[C@@H](C(=O)NCCCC#Cc1cnc(Nc2ccnc(F)c2)nc1NC1CC1)N(C)C(=O)C=CCN(C)C. The molecule has 0 unspecified atom stereocenters. The van der Waals surface area contributed by atoms with Crippen molar-refractivity contribution < 1.29 is 14.0 Å². The molecule has 0 bridgehead atoms. The third-order valence-corrected chi connectivity index (χ3v) is 5.73. The van der Waals surface area contributed by atoms with Crippen LogP contribution in [0.2, 0.25) is 0 Å². The summed E-state index contributed by atoms with van der Waals surface area (Å²) in [7, 11) is 5.45. The van der Waals surface area contributed by atoms with E-state index in [1.54, 1.807) is 32.3 Å². The Labute approximate surface area is 223 Å². The van der Waals surface area contributed by atoms with E-state index in [9.17, 15) is 14.0 Å². The van der Waals surface area contributed by atoms with Crippen molar-refractivity contribution in [3.63, 3.8) is 0 Å². The van der Waals surface area contributed by atoms with Crippen molar-refractivity contribution in [1.29, 1.82) is 0 Å². The summed E-state index contributed by atoms with van der Waals surface area (Å²) in [5, 5.41) is 9.20. The summed E-state index contributed by atoms with van der Waals surface area (Å²) < 4.78 is 13.4. The zero-order valence-corrected chi connectivity index (χ0v) is 22.3. The average Bonchev–Trinajstić information content (AvgIpc) is 3.70. The van der Waals surface area contributed by atoms with Crippen LogP contribution in [0.15, 0.2) is 36.7 Å². The lowest BCUT2D eigenvalue weighted by Gasteiger charge is -2.23. The summed E-state index contributed by atoms with van der Waals surface area (Å²) >= 11 is 0. The third-order valence-electron chi connectivity index (χ3n) is 5.73. The highest BCUT2D eigenvalue weighted by Gasteiger charge is 2.23. The Morgan fingerprint density at radius 1 is 1.26 bits per heavy atom. The number of anilines is 3. The summed E-state index contributed by atoms with van der Waals surface area (Å²) in [4.78, 5) is 40.4. The first-order valence-corrected chi connectivity index (χ1v) is 12.6.